The summed E-state index contributed by atoms with van der Waals surface area (Å²) in [6.07, 6.45) is 3.85. The predicted octanol–water partition coefficient (Wildman–Crippen LogP) is 2.34. The van der Waals surface area contributed by atoms with Gasteiger partial charge in [0.2, 0.25) is 0 Å². The zero-order valence-corrected chi connectivity index (χ0v) is 11.2. The van der Waals surface area contributed by atoms with E-state index >= 15 is 0 Å². The molecule has 98 valence electrons. The average Bonchev–Trinajstić information content (AvgIpc) is 2.80. The van der Waals surface area contributed by atoms with Crippen LogP contribution in [0.4, 0.5) is 5.82 Å². The quantitative estimate of drug-likeness (QED) is 0.804. The molecule has 2 N–H and O–H groups in total. The standard InChI is InChI=1S/C14H17N5/c1-10-6-12(8-15)7-14(18-10)16-5-3-4-13-9-17-19-11(13)2/h6-7,9H,3-5H2,1-2H3,(H,16,18)(H,17,19). The van der Waals surface area contributed by atoms with E-state index in [4.69, 9.17) is 5.26 Å². The summed E-state index contributed by atoms with van der Waals surface area (Å²) in [5, 5.41) is 19.1. The van der Waals surface area contributed by atoms with Crippen LogP contribution in [0.3, 0.4) is 0 Å². The molecule has 0 aromatic carbocycles. The molecule has 0 unspecified atom stereocenters. The van der Waals surface area contributed by atoms with Gasteiger partial charge in [0.25, 0.3) is 0 Å². The van der Waals surface area contributed by atoms with Crippen LogP contribution in [0.5, 0.6) is 0 Å². The van der Waals surface area contributed by atoms with E-state index in [0.717, 1.165) is 36.6 Å². The maximum absolute atomic E-state index is 8.90. The molecule has 0 amide bonds. The van der Waals surface area contributed by atoms with E-state index in [2.05, 4.69) is 26.6 Å². The Bertz CT molecular complexity index is 594. The Balaban J connectivity index is 1.85. The molecule has 2 heterocycles. The van der Waals surface area contributed by atoms with Crippen LogP contribution in [0.2, 0.25) is 0 Å². The molecule has 0 atom stereocenters. The van der Waals surface area contributed by atoms with Gasteiger partial charge in [-0.3, -0.25) is 5.10 Å². The predicted molar refractivity (Wildman–Crippen MR) is 73.8 cm³/mol. The molecule has 0 spiro atoms. The molecule has 5 heteroatoms. The SMILES string of the molecule is Cc1cc(C#N)cc(NCCCc2cn[nH]c2C)n1. The van der Waals surface area contributed by atoms with Gasteiger partial charge >= 0.3 is 0 Å². The lowest BCUT2D eigenvalue weighted by Gasteiger charge is -2.06. The number of aryl methyl sites for hydroxylation is 3. The topological polar surface area (TPSA) is 77.4 Å². The highest BCUT2D eigenvalue weighted by Gasteiger charge is 2.01. The summed E-state index contributed by atoms with van der Waals surface area (Å²) in [6, 6.07) is 5.69. The van der Waals surface area contributed by atoms with Crippen molar-refractivity contribution in [2.75, 3.05) is 11.9 Å². The number of nitriles is 1. The highest BCUT2D eigenvalue weighted by Crippen LogP contribution is 2.10. The van der Waals surface area contributed by atoms with Crippen molar-refractivity contribution in [2.24, 2.45) is 0 Å². The first-order chi connectivity index (χ1) is 9.19. The maximum atomic E-state index is 8.90. The first-order valence-corrected chi connectivity index (χ1v) is 6.30. The number of aromatic amines is 1. The van der Waals surface area contributed by atoms with Gasteiger partial charge in [-0.25, -0.2) is 4.98 Å². The van der Waals surface area contributed by atoms with Crippen LogP contribution in [-0.2, 0) is 6.42 Å². The second-order valence-electron chi connectivity index (χ2n) is 4.54. The molecule has 2 aromatic rings. The van der Waals surface area contributed by atoms with Gasteiger partial charge in [0.1, 0.15) is 5.82 Å². The number of pyridine rings is 1. The Morgan fingerprint density at radius 2 is 2.21 bits per heavy atom. The molecule has 0 aliphatic carbocycles. The van der Waals surface area contributed by atoms with Crippen LogP contribution in [0.25, 0.3) is 0 Å². The molecular formula is C14H17N5. The van der Waals surface area contributed by atoms with Gasteiger partial charge in [-0.1, -0.05) is 0 Å². The van der Waals surface area contributed by atoms with Crippen molar-refractivity contribution in [3.63, 3.8) is 0 Å². The Labute approximate surface area is 112 Å². The van der Waals surface area contributed by atoms with Crippen molar-refractivity contribution >= 4 is 5.82 Å². The van der Waals surface area contributed by atoms with E-state index in [0.29, 0.717) is 5.56 Å². The molecule has 0 fully saturated rings. The molecule has 0 aliphatic rings. The number of aromatic nitrogens is 3. The second kappa shape index (κ2) is 6.01. The summed E-state index contributed by atoms with van der Waals surface area (Å²) >= 11 is 0. The summed E-state index contributed by atoms with van der Waals surface area (Å²) < 4.78 is 0. The highest BCUT2D eigenvalue weighted by molar-refractivity contribution is 5.44. The Hall–Kier alpha value is -2.35. The molecule has 5 nitrogen and oxygen atoms in total. The van der Waals surface area contributed by atoms with E-state index < -0.39 is 0 Å². The number of hydrogen-bond acceptors (Lipinski definition) is 4. The number of nitrogens with zero attached hydrogens (tertiary/aromatic N) is 3. The summed E-state index contributed by atoms with van der Waals surface area (Å²) in [4.78, 5) is 4.35. The summed E-state index contributed by atoms with van der Waals surface area (Å²) in [6.45, 7) is 4.74. The van der Waals surface area contributed by atoms with Gasteiger partial charge in [0, 0.05) is 17.9 Å². The fourth-order valence-electron chi connectivity index (χ4n) is 1.95. The van der Waals surface area contributed by atoms with E-state index in [1.165, 1.54) is 5.56 Å². The third kappa shape index (κ3) is 3.55. The summed E-state index contributed by atoms with van der Waals surface area (Å²) in [5.41, 5.74) is 3.87. The van der Waals surface area contributed by atoms with Crippen LogP contribution in [0, 0.1) is 25.2 Å². The Morgan fingerprint density at radius 1 is 1.37 bits per heavy atom. The molecule has 0 radical (unpaired) electrons. The van der Waals surface area contributed by atoms with E-state index in [1.54, 1.807) is 12.1 Å². The van der Waals surface area contributed by atoms with Gasteiger partial charge in [-0.2, -0.15) is 10.4 Å². The summed E-state index contributed by atoms with van der Waals surface area (Å²) in [7, 11) is 0. The zero-order valence-electron chi connectivity index (χ0n) is 11.2. The van der Waals surface area contributed by atoms with Crippen LogP contribution < -0.4 is 5.32 Å². The molecule has 0 aliphatic heterocycles. The molecule has 0 saturated carbocycles. The lowest BCUT2D eigenvalue weighted by atomic mass is 10.1. The van der Waals surface area contributed by atoms with Crippen molar-refractivity contribution in [1.82, 2.24) is 15.2 Å². The molecule has 0 saturated heterocycles. The smallest absolute Gasteiger partial charge is 0.127 e. The fraction of sp³-hybridized carbons (Fsp3) is 0.357. The van der Waals surface area contributed by atoms with Crippen molar-refractivity contribution in [3.05, 3.63) is 40.8 Å². The first kappa shape index (κ1) is 13.1. The van der Waals surface area contributed by atoms with Gasteiger partial charge in [0.05, 0.1) is 17.8 Å². The van der Waals surface area contributed by atoms with E-state index in [9.17, 15) is 0 Å². The van der Waals surface area contributed by atoms with Crippen molar-refractivity contribution in [1.29, 1.82) is 5.26 Å². The van der Waals surface area contributed by atoms with Gasteiger partial charge in [0.15, 0.2) is 0 Å². The second-order valence-corrected chi connectivity index (χ2v) is 4.54. The van der Waals surface area contributed by atoms with Crippen molar-refractivity contribution in [3.8, 4) is 6.07 Å². The molecular weight excluding hydrogens is 238 g/mol. The summed E-state index contributed by atoms with van der Waals surface area (Å²) in [5.74, 6) is 0.764. The van der Waals surface area contributed by atoms with Crippen molar-refractivity contribution < 1.29 is 0 Å². The van der Waals surface area contributed by atoms with Crippen LogP contribution in [0.15, 0.2) is 18.3 Å². The van der Waals surface area contributed by atoms with E-state index in [1.807, 2.05) is 20.0 Å². The highest BCUT2D eigenvalue weighted by atomic mass is 15.1. The molecule has 2 rings (SSSR count). The third-order valence-electron chi connectivity index (χ3n) is 2.95. The minimum absolute atomic E-state index is 0.640. The fourth-order valence-corrected chi connectivity index (χ4v) is 1.95. The average molecular weight is 255 g/mol. The maximum Gasteiger partial charge on any atom is 0.127 e. The zero-order chi connectivity index (χ0) is 13.7. The Morgan fingerprint density at radius 3 is 2.89 bits per heavy atom. The number of H-pyrrole nitrogens is 1. The van der Waals surface area contributed by atoms with Crippen LogP contribution in [-0.4, -0.2) is 21.7 Å². The lowest BCUT2D eigenvalue weighted by molar-refractivity contribution is 0.852. The molecule has 2 aromatic heterocycles. The van der Waals surface area contributed by atoms with Crippen LogP contribution in [0.1, 0.15) is 28.9 Å². The number of hydrogen-bond donors (Lipinski definition) is 2. The largest absolute Gasteiger partial charge is 0.370 e. The van der Waals surface area contributed by atoms with E-state index in [-0.39, 0.29) is 0 Å². The van der Waals surface area contributed by atoms with Crippen LogP contribution >= 0.6 is 0 Å². The molecule has 0 bridgehead atoms. The van der Waals surface area contributed by atoms with Gasteiger partial charge < -0.3 is 5.32 Å². The minimum atomic E-state index is 0.640. The minimum Gasteiger partial charge on any atom is -0.370 e. The van der Waals surface area contributed by atoms with Gasteiger partial charge in [-0.15, -0.1) is 0 Å². The number of rotatable bonds is 5. The lowest BCUT2D eigenvalue weighted by Crippen LogP contribution is -2.05. The third-order valence-corrected chi connectivity index (χ3v) is 2.95. The van der Waals surface area contributed by atoms with Crippen molar-refractivity contribution in [2.45, 2.75) is 26.7 Å². The number of anilines is 1. The Kier molecular flexibility index (Phi) is 4.14. The normalized spacial score (nSPS) is 10.2. The monoisotopic (exact) mass is 255 g/mol. The van der Waals surface area contributed by atoms with Gasteiger partial charge in [-0.05, 0) is 44.4 Å². The first-order valence-electron chi connectivity index (χ1n) is 6.30. The number of nitrogens with one attached hydrogen (secondary N) is 2. The molecule has 19 heavy (non-hydrogen) atoms.